The molecule has 8 heteroatoms. The normalized spacial score (nSPS) is 14.4. The number of nitrogens with two attached hydrogens (primary N) is 1. The van der Waals surface area contributed by atoms with Crippen molar-refractivity contribution in [1.29, 1.82) is 0 Å². The Balaban J connectivity index is 2.29. The fraction of sp³-hybridized carbons (Fsp3) is 0.545. The first-order valence-corrected chi connectivity index (χ1v) is 8.95. The highest BCUT2D eigenvalue weighted by atomic mass is 35.5. The van der Waals surface area contributed by atoms with Crippen LogP contribution in [0.1, 0.15) is 33.6 Å². The molecule has 0 atom stereocenters. The number of fused-ring (bicyclic) bond motifs is 1. The third-order valence-corrected chi connectivity index (χ3v) is 5.91. The first-order chi connectivity index (χ1) is 8.94. The van der Waals surface area contributed by atoms with E-state index in [9.17, 15) is 13.2 Å². The van der Waals surface area contributed by atoms with Crippen molar-refractivity contribution in [3.63, 3.8) is 0 Å². The molecule has 1 aliphatic carbocycles. The summed E-state index contributed by atoms with van der Waals surface area (Å²) in [4.78, 5) is 12.6. The molecule has 0 saturated heterocycles. The van der Waals surface area contributed by atoms with Crippen molar-refractivity contribution in [2.75, 3.05) is 16.4 Å². The third-order valence-electron chi connectivity index (χ3n) is 2.96. The average molecular weight is 323 g/mol. The van der Waals surface area contributed by atoms with Crippen LogP contribution in [0.5, 0.6) is 0 Å². The zero-order valence-corrected chi connectivity index (χ0v) is 12.6. The van der Waals surface area contributed by atoms with Gasteiger partial charge < -0.3 is 5.73 Å². The van der Waals surface area contributed by atoms with E-state index in [1.54, 1.807) is 0 Å². The molecule has 106 valence electrons. The van der Waals surface area contributed by atoms with Gasteiger partial charge >= 0.3 is 0 Å². The smallest absolute Gasteiger partial charge is 0.252 e. The Bertz CT molecular complexity index is 595. The van der Waals surface area contributed by atoms with Crippen LogP contribution >= 0.6 is 22.9 Å². The van der Waals surface area contributed by atoms with Crippen LogP contribution in [-0.4, -0.2) is 26.0 Å². The van der Waals surface area contributed by atoms with E-state index in [1.165, 1.54) is 11.3 Å². The van der Waals surface area contributed by atoms with Gasteiger partial charge in [-0.25, -0.2) is 8.42 Å². The van der Waals surface area contributed by atoms with Gasteiger partial charge in [-0.1, -0.05) is 0 Å². The Morgan fingerprint density at radius 2 is 2.16 bits per heavy atom. The number of thiophene rings is 1. The van der Waals surface area contributed by atoms with Gasteiger partial charge in [-0.2, -0.15) is 0 Å². The number of primary amides is 1. The molecule has 2 rings (SSSR count). The van der Waals surface area contributed by atoms with Crippen LogP contribution in [0.2, 0.25) is 0 Å². The largest absolute Gasteiger partial charge is 0.365 e. The van der Waals surface area contributed by atoms with Crippen molar-refractivity contribution in [2.45, 2.75) is 25.7 Å². The summed E-state index contributed by atoms with van der Waals surface area (Å²) in [7, 11) is -3.47. The monoisotopic (exact) mass is 322 g/mol. The van der Waals surface area contributed by atoms with E-state index < -0.39 is 15.9 Å². The van der Waals surface area contributed by atoms with Crippen LogP contribution in [-0.2, 0) is 22.9 Å². The standard InChI is InChI=1S/C11H15ClN2O3S2/c12-5-2-6-19(16,17)14-11-9(10(13)15)7-3-1-4-8(7)18-11/h14H,1-6H2,(H2,13,15). The van der Waals surface area contributed by atoms with Gasteiger partial charge in [0.05, 0.1) is 11.3 Å². The second-order valence-corrected chi connectivity index (χ2v) is 7.71. The van der Waals surface area contributed by atoms with E-state index in [0.717, 1.165) is 29.7 Å². The molecule has 1 heterocycles. The Labute approximate surface area is 121 Å². The number of hydrogen-bond donors (Lipinski definition) is 2. The van der Waals surface area contributed by atoms with Crippen molar-refractivity contribution in [1.82, 2.24) is 0 Å². The molecule has 0 aromatic carbocycles. The van der Waals surface area contributed by atoms with Gasteiger partial charge in [-0.05, 0) is 31.2 Å². The van der Waals surface area contributed by atoms with E-state index in [2.05, 4.69) is 4.72 Å². The summed E-state index contributed by atoms with van der Waals surface area (Å²) in [6.07, 6.45) is 3.02. The van der Waals surface area contributed by atoms with Crippen LogP contribution in [0.25, 0.3) is 0 Å². The number of rotatable bonds is 6. The van der Waals surface area contributed by atoms with Gasteiger partial charge in [0.25, 0.3) is 5.91 Å². The first kappa shape index (κ1) is 14.6. The van der Waals surface area contributed by atoms with E-state index in [4.69, 9.17) is 17.3 Å². The fourth-order valence-electron chi connectivity index (χ4n) is 2.17. The number of nitrogens with one attached hydrogen (secondary N) is 1. The van der Waals surface area contributed by atoms with Crippen molar-refractivity contribution in [3.05, 3.63) is 16.0 Å². The molecule has 1 amide bonds. The quantitative estimate of drug-likeness (QED) is 0.781. The highest BCUT2D eigenvalue weighted by Gasteiger charge is 2.27. The molecule has 0 aliphatic heterocycles. The van der Waals surface area contributed by atoms with Gasteiger partial charge in [0, 0.05) is 10.8 Å². The van der Waals surface area contributed by atoms with Crippen LogP contribution in [0, 0.1) is 0 Å². The summed E-state index contributed by atoms with van der Waals surface area (Å²) in [5.74, 6) is -0.351. The lowest BCUT2D eigenvalue weighted by molar-refractivity contribution is 0.100. The van der Waals surface area contributed by atoms with E-state index >= 15 is 0 Å². The summed E-state index contributed by atoms with van der Waals surface area (Å²) >= 11 is 6.80. The molecule has 0 saturated carbocycles. The summed E-state index contributed by atoms with van der Waals surface area (Å²) in [6, 6.07) is 0. The Morgan fingerprint density at radius 1 is 1.42 bits per heavy atom. The molecule has 0 bridgehead atoms. The number of aryl methyl sites for hydroxylation is 1. The molecule has 5 nitrogen and oxygen atoms in total. The summed E-state index contributed by atoms with van der Waals surface area (Å²) in [5, 5.41) is 0.353. The SMILES string of the molecule is NC(=O)c1c(NS(=O)(=O)CCCCl)sc2c1CCC2. The number of carbonyl (C=O) groups excluding carboxylic acids is 1. The van der Waals surface area contributed by atoms with Crippen LogP contribution in [0.4, 0.5) is 5.00 Å². The zero-order chi connectivity index (χ0) is 14.0. The minimum absolute atomic E-state index is 0.0583. The predicted octanol–water partition coefficient (Wildman–Crippen LogP) is 1.71. The minimum Gasteiger partial charge on any atom is -0.365 e. The maximum atomic E-state index is 11.8. The van der Waals surface area contributed by atoms with Crippen molar-refractivity contribution in [3.8, 4) is 0 Å². The van der Waals surface area contributed by atoms with E-state index in [1.807, 2.05) is 0 Å². The fourth-order valence-corrected chi connectivity index (χ4v) is 5.17. The number of hydrogen-bond acceptors (Lipinski definition) is 4. The highest BCUT2D eigenvalue weighted by molar-refractivity contribution is 7.92. The highest BCUT2D eigenvalue weighted by Crippen LogP contribution is 2.39. The molecular formula is C11H15ClN2O3S2. The number of amides is 1. The van der Waals surface area contributed by atoms with E-state index in [0.29, 0.717) is 17.0 Å². The summed E-state index contributed by atoms with van der Waals surface area (Å²) in [6.45, 7) is 0. The second kappa shape index (κ2) is 5.68. The lowest BCUT2D eigenvalue weighted by Crippen LogP contribution is -2.20. The summed E-state index contributed by atoms with van der Waals surface area (Å²) < 4.78 is 26.2. The Kier molecular flexibility index (Phi) is 4.37. The number of carbonyl (C=O) groups is 1. The molecule has 0 spiro atoms. The second-order valence-electron chi connectivity index (χ2n) is 4.39. The van der Waals surface area contributed by atoms with Gasteiger partial charge in [-0.15, -0.1) is 22.9 Å². The molecule has 0 fully saturated rings. The summed E-state index contributed by atoms with van der Waals surface area (Å²) in [5.41, 5.74) is 6.61. The number of anilines is 1. The Hall–Kier alpha value is -0.790. The van der Waals surface area contributed by atoms with Gasteiger partial charge in [0.15, 0.2) is 0 Å². The molecule has 1 aromatic heterocycles. The molecular weight excluding hydrogens is 308 g/mol. The zero-order valence-electron chi connectivity index (χ0n) is 10.2. The molecule has 19 heavy (non-hydrogen) atoms. The predicted molar refractivity (Wildman–Crippen MR) is 77.6 cm³/mol. The van der Waals surface area contributed by atoms with Crippen molar-refractivity contribution >= 4 is 43.9 Å². The number of alkyl halides is 1. The lowest BCUT2D eigenvalue weighted by Gasteiger charge is -2.07. The molecule has 3 N–H and O–H groups in total. The number of sulfonamides is 1. The Morgan fingerprint density at radius 3 is 2.79 bits per heavy atom. The first-order valence-electron chi connectivity index (χ1n) is 5.95. The van der Waals surface area contributed by atoms with Crippen molar-refractivity contribution in [2.24, 2.45) is 5.73 Å². The van der Waals surface area contributed by atoms with Gasteiger partial charge in [0.2, 0.25) is 10.0 Å². The lowest BCUT2D eigenvalue weighted by atomic mass is 10.1. The molecule has 1 aromatic rings. The topological polar surface area (TPSA) is 89.3 Å². The molecule has 0 radical (unpaired) electrons. The molecule has 0 unspecified atom stereocenters. The van der Waals surface area contributed by atoms with E-state index in [-0.39, 0.29) is 11.6 Å². The number of halogens is 1. The van der Waals surface area contributed by atoms with Crippen LogP contribution in [0.3, 0.4) is 0 Å². The maximum Gasteiger partial charge on any atom is 0.252 e. The van der Waals surface area contributed by atoms with Crippen molar-refractivity contribution < 1.29 is 13.2 Å². The maximum absolute atomic E-state index is 11.8. The molecule has 1 aliphatic rings. The van der Waals surface area contributed by atoms with Crippen LogP contribution < -0.4 is 10.5 Å². The van der Waals surface area contributed by atoms with Crippen LogP contribution in [0.15, 0.2) is 0 Å². The van der Waals surface area contributed by atoms with Gasteiger partial charge in [0.1, 0.15) is 5.00 Å². The average Bonchev–Trinajstić information content (AvgIpc) is 2.85. The third kappa shape index (κ3) is 3.21. The minimum atomic E-state index is -3.47. The van der Waals surface area contributed by atoms with Gasteiger partial charge in [-0.3, -0.25) is 9.52 Å².